The zero-order chi connectivity index (χ0) is 9.68. The maximum absolute atomic E-state index is 11.5. The number of likely N-dealkylation sites (tertiary alicyclic amines) is 1. The molecule has 1 aliphatic rings. The first-order valence-electron chi connectivity index (χ1n) is 4.67. The second kappa shape index (κ2) is 4.97. The number of hydrogen-bond donors (Lipinski definition) is 1. The molecular formula is C9H16N2O2. The summed E-state index contributed by atoms with van der Waals surface area (Å²) >= 11 is 0. The molecule has 4 heteroatoms. The molecule has 4 nitrogen and oxygen atoms in total. The van der Waals surface area contributed by atoms with Crippen LogP contribution in [-0.4, -0.2) is 43.3 Å². The number of piperidine rings is 1. The van der Waals surface area contributed by atoms with Crippen molar-refractivity contribution in [2.75, 3.05) is 20.1 Å². The third-order valence-corrected chi connectivity index (χ3v) is 2.43. The summed E-state index contributed by atoms with van der Waals surface area (Å²) in [6.45, 7) is 1.10. The van der Waals surface area contributed by atoms with E-state index in [9.17, 15) is 9.59 Å². The summed E-state index contributed by atoms with van der Waals surface area (Å²) in [5, 5.41) is 2.58. The van der Waals surface area contributed by atoms with Crippen LogP contribution in [0.5, 0.6) is 0 Å². The van der Waals surface area contributed by atoms with Crippen LogP contribution in [0.4, 0.5) is 0 Å². The van der Waals surface area contributed by atoms with Gasteiger partial charge in [0, 0.05) is 0 Å². The highest BCUT2D eigenvalue weighted by Gasteiger charge is 2.24. The molecule has 1 atom stereocenters. The predicted octanol–water partition coefficient (Wildman–Crippen LogP) is -0.214. The van der Waals surface area contributed by atoms with E-state index < -0.39 is 0 Å². The molecule has 1 saturated heterocycles. The normalized spacial score (nSPS) is 23.9. The van der Waals surface area contributed by atoms with E-state index in [0.717, 1.165) is 25.8 Å². The van der Waals surface area contributed by atoms with E-state index in [1.165, 1.54) is 0 Å². The number of nitrogens with one attached hydrogen (secondary N) is 1. The van der Waals surface area contributed by atoms with Crippen molar-refractivity contribution >= 4 is 12.2 Å². The van der Waals surface area contributed by atoms with Crippen molar-refractivity contribution in [1.29, 1.82) is 0 Å². The Morgan fingerprint density at radius 1 is 1.62 bits per heavy atom. The summed E-state index contributed by atoms with van der Waals surface area (Å²) in [5.74, 6) is -0.0192. The van der Waals surface area contributed by atoms with E-state index in [1.54, 1.807) is 0 Å². The number of nitrogens with zero attached hydrogens (tertiary/aromatic N) is 1. The number of carbonyl (C=O) groups excluding carboxylic acids is 2. The molecule has 0 unspecified atom stereocenters. The van der Waals surface area contributed by atoms with E-state index in [2.05, 4.69) is 5.32 Å². The Morgan fingerprint density at radius 2 is 2.38 bits per heavy atom. The Morgan fingerprint density at radius 3 is 3.00 bits per heavy atom. The Balaban J connectivity index is 2.39. The molecule has 0 aromatic rings. The van der Waals surface area contributed by atoms with E-state index in [0.29, 0.717) is 6.29 Å². The van der Waals surface area contributed by atoms with Crippen molar-refractivity contribution < 1.29 is 9.59 Å². The molecule has 0 spiro atoms. The van der Waals surface area contributed by atoms with Crippen LogP contribution >= 0.6 is 0 Å². The molecule has 1 amide bonds. The average Bonchev–Trinajstić information content (AvgIpc) is 2.15. The Hall–Kier alpha value is -0.900. The van der Waals surface area contributed by atoms with Gasteiger partial charge in [-0.15, -0.1) is 0 Å². The van der Waals surface area contributed by atoms with Gasteiger partial charge in [-0.3, -0.25) is 9.69 Å². The fraction of sp³-hybridized carbons (Fsp3) is 0.778. The lowest BCUT2D eigenvalue weighted by Crippen LogP contribution is -2.47. The van der Waals surface area contributed by atoms with Crippen LogP contribution in [0, 0.1) is 0 Å². The van der Waals surface area contributed by atoms with Gasteiger partial charge >= 0.3 is 0 Å². The molecule has 1 N–H and O–H groups in total. The van der Waals surface area contributed by atoms with Crippen molar-refractivity contribution in [3.05, 3.63) is 0 Å². The smallest absolute Gasteiger partial charge is 0.237 e. The molecule has 0 radical (unpaired) electrons. The van der Waals surface area contributed by atoms with Gasteiger partial charge < -0.3 is 10.1 Å². The fourth-order valence-electron chi connectivity index (χ4n) is 1.67. The first-order valence-corrected chi connectivity index (χ1v) is 4.67. The minimum atomic E-state index is -0.0336. The van der Waals surface area contributed by atoms with E-state index in [1.807, 2.05) is 11.9 Å². The zero-order valence-electron chi connectivity index (χ0n) is 7.95. The molecule has 0 saturated carbocycles. The first-order chi connectivity index (χ1) is 6.25. The standard InChI is InChI=1S/C9H16N2O2/c1-11-6-3-2-4-8(11)9(13)10-5-7-12/h7-8H,2-6H2,1H3,(H,10,13)/t8-/m1/s1. The second-order valence-corrected chi connectivity index (χ2v) is 3.40. The third-order valence-electron chi connectivity index (χ3n) is 2.43. The van der Waals surface area contributed by atoms with Crippen LogP contribution < -0.4 is 5.32 Å². The van der Waals surface area contributed by atoms with Crippen LogP contribution in [0.3, 0.4) is 0 Å². The molecule has 1 rings (SSSR count). The summed E-state index contributed by atoms with van der Waals surface area (Å²) in [7, 11) is 1.95. The van der Waals surface area contributed by atoms with E-state index in [4.69, 9.17) is 0 Å². The second-order valence-electron chi connectivity index (χ2n) is 3.40. The number of rotatable bonds is 3. The summed E-state index contributed by atoms with van der Waals surface area (Å²) < 4.78 is 0. The number of aldehydes is 1. The highest BCUT2D eigenvalue weighted by molar-refractivity contribution is 5.83. The maximum Gasteiger partial charge on any atom is 0.237 e. The molecule has 74 valence electrons. The van der Waals surface area contributed by atoms with Gasteiger partial charge in [-0.2, -0.15) is 0 Å². The molecule has 0 bridgehead atoms. The third kappa shape index (κ3) is 2.81. The van der Waals surface area contributed by atoms with E-state index >= 15 is 0 Å². The van der Waals surface area contributed by atoms with Gasteiger partial charge in [-0.1, -0.05) is 6.42 Å². The van der Waals surface area contributed by atoms with Gasteiger partial charge in [0.05, 0.1) is 12.6 Å². The number of carbonyl (C=O) groups is 2. The van der Waals surface area contributed by atoms with Crippen molar-refractivity contribution in [2.45, 2.75) is 25.3 Å². The molecule has 0 aliphatic carbocycles. The largest absolute Gasteiger partial charge is 0.348 e. The molecular weight excluding hydrogens is 168 g/mol. The van der Waals surface area contributed by atoms with Gasteiger partial charge in [0.1, 0.15) is 6.29 Å². The van der Waals surface area contributed by atoms with Crippen LogP contribution in [0.15, 0.2) is 0 Å². The number of hydrogen-bond acceptors (Lipinski definition) is 3. The number of likely N-dealkylation sites (N-methyl/N-ethyl adjacent to an activating group) is 1. The van der Waals surface area contributed by atoms with Gasteiger partial charge in [0.2, 0.25) is 5.91 Å². The van der Waals surface area contributed by atoms with Gasteiger partial charge in [-0.25, -0.2) is 0 Å². The summed E-state index contributed by atoms with van der Waals surface area (Å²) in [6.07, 6.45) is 3.87. The van der Waals surface area contributed by atoms with E-state index in [-0.39, 0.29) is 18.5 Å². The van der Waals surface area contributed by atoms with Gasteiger partial charge in [-0.05, 0) is 26.4 Å². The van der Waals surface area contributed by atoms with Crippen molar-refractivity contribution in [3.63, 3.8) is 0 Å². The molecule has 0 aromatic carbocycles. The minimum absolute atomic E-state index is 0.0192. The first kappa shape index (κ1) is 10.2. The minimum Gasteiger partial charge on any atom is -0.348 e. The van der Waals surface area contributed by atoms with Gasteiger partial charge in [0.15, 0.2) is 0 Å². The predicted molar refractivity (Wildman–Crippen MR) is 49.3 cm³/mol. The Bertz CT molecular complexity index is 194. The lowest BCUT2D eigenvalue weighted by Gasteiger charge is -2.30. The highest BCUT2D eigenvalue weighted by Crippen LogP contribution is 2.14. The highest BCUT2D eigenvalue weighted by atomic mass is 16.2. The topological polar surface area (TPSA) is 49.4 Å². The van der Waals surface area contributed by atoms with Gasteiger partial charge in [0.25, 0.3) is 0 Å². The molecule has 1 fully saturated rings. The van der Waals surface area contributed by atoms with Crippen molar-refractivity contribution in [3.8, 4) is 0 Å². The maximum atomic E-state index is 11.5. The summed E-state index contributed by atoms with van der Waals surface area (Å²) in [5.41, 5.74) is 0. The molecule has 1 heterocycles. The molecule has 13 heavy (non-hydrogen) atoms. The quantitative estimate of drug-likeness (QED) is 0.617. The van der Waals surface area contributed by atoms with Crippen LogP contribution in [0.2, 0.25) is 0 Å². The van der Waals surface area contributed by atoms with Crippen LogP contribution in [0.25, 0.3) is 0 Å². The molecule has 1 aliphatic heterocycles. The average molecular weight is 184 g/mol. The lowest BCUT2D eigenvalue weighted by atomic mass is 10.0. The van der Waals surface area contributed by atoms with Crippen molar-refractivity contribution in [2.24, 2.45) is 0 Å². The summed E-state index contributed by atoms with van der Waals surface area (Å²) in [6, 6.07) is -0.0336. The Labute approximate surface area is 78.3 Å². The SMILES string of the molecule is CN1CCCC[C@@H]1C(=O)NCC=O. The van der Waals surface area contributed by atoms with Crippen LogP contribution in [-0.2, 0) is 9.59 Å². The fourth-order valence-corrected chi connectivity index (χ4v) is 1.67. The van der Waals surface area contributed by atoms with Crippen molar-refractivity contribution in [1.82, 2.24) is 10.2 Å². The monoisotopic (exact) mass is 184 g/mol. The lowest BCUT2D eigenvalue weighted by molar-refractivity contribution is -0.128. The number of amides is 1. The van der Waals surface area contributed by atoms with Crippen LogP contribution in [0.1, 0.15) is 19.3 Å². The summed E-state index contributed by atoms with van der Waals surface area (Å²) in [4.78, 5) is 23.5. The zero-order valence-corrected chi connectivity index (χ0v) is 7.95. The Kier molecular flexibility index (Phi) is 3.89. The molecule has 0 aromatic heterocycles.